The summed E-state index contributed by atoms with van der Waals surface area (Å²) in [6.07, 6.45) is 3.35. The number of rotatable bonds is 2. The number of hydrogen-bond acceptors (Lipinski definition) is 3. The van der Waals surface area contributed by atoms with E-state index in [0.29, 0.717) is 10.6 Å². The summed E-state index contributed by atoms with van der Waals surface area (Å²) in [5.74, 6) is 0.0528. The molecule has 0 aliphatic carbocycles. The van der Waals surface area contributed by atoms with Gasteiger partial charge in [0.1, 0.15) is 0 Å². The summed E-state index contributed by atoms with van der Waals surface area (Å²) in [7, 11) is -0.512. The zero-order valence-corrected chi connectivity index (χ0v) is 15.7. The maximum Gasteiger partial charge on any atom is 0.496 e. The van der Waals surface area contributed by atoms with Crippen molar-refractivity contribution in [2.75, 3.05) is 13.1 Å². The lowest BCUT2D eigenvalue weighted by atomic mass is 9.78. The molecule has 0 bridgehead atoms. The van der Waals surface area contributed by atoms with Crippen LogP contribution in [0.2, 0.25) is 5.02 Å². The van der Waals surface area contributed by atoms with Gasteiger partial charge in [-0.2, -0.15) is 0 Å². The molecule has 0 aromatic heterocycles. The molecular formula is C18H25BClNO3. The largest absolute Gasteiger partial charge is 0.496 e. The van der Waals surface area contributed by atoms with Crippen LogP contribution in [0.5, 0.6) is 0 Å². The maximum atomic E-state index is 12.6. The topological polar surface area (TPSA) is 38.8 Å². The van der Waals surface area contributed by atoms with Crippen LogP contribution in [0.1, 0.15) is 57.3 Å². The fourth-order valence-electron chi connectivity index (χ4n) is 3.10. The molecule has 6 heteroatoms. The number of piperidine rings is 1. The van der Waals surface area contributed by atoms with E-state index in [0.717, 1.165) is 31.4 Å². The molecule has 24 heavy (non-hydrogen) atoms. The van der Waals surface area contributed by atoms with E-state index >= 15 is 0 Å². The maximum absolute atomic E-state index is 12.6. The quantitative estimate of drug-likeness (QED) is 0.769. The lowest BCUT2D eigenvalue weighted by Crippen LogP contribution is -2.41. The minimum atomic E-state index is -0.512. The number of benzene rings is 1. The van der Waals surface area contributed by atoms with E-state index in [-0.39, 0.29) is 5.91 Å². The molecule has 1 amide bonds. The number of likely N-dealkylation sites (tertiary alicyclic amines) is 1. The van der Waals surface area contributed by atoms with Crippen molar-refractivity contribution in [2.45, 2.75) is 58.2 Å². The van der Waals surface area contributed by atoms with Gasteiger partial charge in [-0.05, 0) is 59.1 Å². The first-order chi connectivity index (χ1) is 11.2. The summed E-state index contributed by atoms with van der Waals surface area (Å²) in [5.41, 5.74) is 0.569. The summed E-state index contributed by atoms with van der Waals surface area (Å²) < 4.78 is 12.1. The number of nitrogens with zero attached hydrogens (tertiary/aromatic N) is 1. The van der Waals surface area contributed by atoms with E-state index in [1.165, 1.54) is 6.42 Å². The van der Waals surface area contributed by atoms with Crippen LogP contribution in [0.25, 0.3) is 0 Å². The average molecular weight is 350 g/mol. The highest BCUT2D eigenvalue weighted by atomic mass is 35.5. The zero-order chi connectivity index (χ0) is 17.5. The Labute approximate surface area is 149 Å². The van der Waals surface area contributed by atoms with Crippen molar-refractivity contribution in [3.8, 4) is 0 Å². The van der Waals surface area contributed by atoms with Gasteiger partial charge < -0.3 is 14.2 Å². The molecule has 0 unspecified atom stereocenters. The number of carbonyl (C=O) groups is 1. The molecule has 2 aliphatic heterocycles. The number of carbonyl (C=O) groups excluding carboxylic acids is 1. The average Bonchev–Trinajstić information content (AvgIpc) is 2.75. The van der Waals surface area contributed by atoms with E-state index in [1.54, 1.807) is 6.07 Å². The second-order valence-electron chi connectivity index (χ2n) is 7.68. The van der Waals surface area contributed by atoms with Gasteiger partial charge in [-0.25, -0.2) is 0 Å². The number of hydrogen-bond donors (Lipinski definition) is 0. The third-order valence-electron chi connectivity index (χ3n) is 5.40. The molecule has 0 N–H and O–H groups in total. The van der Waals surface area contributed by atoms with Crippen molar-refractivity contribution in [1.29, 1.82) is 0 Å². The van der Waals surface area contributed by atoms with E-state index < -0.39 is 18.3 Å². The Kier molecular flexibility index (Phi) is 4.71. The van der Waals surface area contributed by atoms with Crippen LogP contribution >= 0.6 is 11.6 Å². The lowest BCUT2D eigenvalue weighted by Gasteiger charge is -2.32. The predicted octanol–water partition coefficient (Wildman–Crippen LogP) is 3.27. The molecule has 4 nitrogen and oxygen atoms in total. The van der Waals surface area contributed by atoms with E-state index in [9.17, 15) is 4.79 Å². The summed E-state index contributed by atoms with van der Waals surface area (Å²) in [6.45, 7) is 9.69. The van der Waals surface area contributed by atoms with Crippen LogP contribution < -0.4 is 5.46 Å². The van der Waals surface area contributed by atoms with E-state index in [2.05, 4.69) is 0 Å². The summed E-state index contributed by atoms with van der Waals surface area (Å²) >= 11 is 6.45. The third-order valence-corrected chi connectivity index (χ3v) is 5.73. The second kappa shape index (κ2) is 6.36. The molecule has 1 aromatic rings. The molecule has 0 radical (unpaired) electrons. The van der Waals surface area contributed by atoms with Crippen molar-refractivity contribution in [3.05, 3.63) is 28.8 Å². The third kappa shape index (κ3) is 3.22. The molecular weight excluding hydrogens is 324 g/mol. The first kappa shape index (κ1) is 17.8. The fourth-order valence-corrected chi connectivity index (χ4v) is 3.37. The van der Waals surface area contributed by atoms with Crippen molar-refractivity contribution < 1.29 is 14.1 Å². The minimum absolute atomic E-state index is 0.0528. The van der Waals surface area contributed by atoms with E-state index in [1.807, 2.05) is 44.7 Å². The second-order valence-corrected chi connectivity index (χ2v) is 8.08. The number of amides is 1. The Morgan fingerprint density at radius 1 is 1.08 bits per heavy atom. The van der Waals surface area contributed by atoms with Gasteiger partial charge in [0, 0.05) is 29.1 Å². The standard InChI is InChI=1S/C18H25BClNO3/c1-17(2)18(3,4)24-19(23-17)14-9-8-13(12-15(14)20)16(22)21-10-6-5-7-11-21/h8-9,12H,5-7,10-11H2,1-4H3. The Morgan fingerprint density at radius 3 is 2.21 bits per heavy atom. The van der Waals surface area contributed by atoms with Crippen LogP contribution in [-0.4, -0.2) is 42.2 Å². The molecule has 0 saturated carbocycles. The van der Waals surface area contributed by atoms with Gasteiger partial charge >= 0.3 is 7.12 Å². The minimum Gasteiger partial charge on any atom is -0.399 e. The monoisotopic (exact) mass is 349 g/mol. The van der Waals surface area contributed by atoms with Crippen molar-refractivity contribution in [2.24, 2.45) is 0 Å². The molecule has 2 fully saturated rings. The van der Waals surface area contributed by atoms with Crippen LogP contribution in [0.3, 0.4) is 0 Å². The summed E-state index contributed by atoms with van der Waals surface area (Å²) in [5, 5.41) is 0.511. The van der Waals surface area contributed by atoms with Crippen molar-refractivity contribution >= 4 is 30.1 Å². The highest BCUT2D eigenvalue weighted by Gasteiger charge is 2.52. The van der Waals surface area contributed by atoms with Gasteiger partial charge in [0.15, 0.2) is 0 Å². The van der Waals surface area contributed by atoms with Crippen LogP contribution in [0, 0.1) is 0 Å². The van der Waals surface area contributed by atoms with Crippen molar-refractivity contribution in [3.63, 3.8) is 0 Å². The van der Waals surface area contributed by atoms with Gasteiger partial charge in [-0.1, -0.05) is 17.7 Å². The van der Waals surface area contributed by atoms with Gasteiger partial charge in [0.05, 0.1) is 11.2 Å². The van der Waals surface area contributed by atoms with Crippen LogP contribution in [0.15, 0.2) is 18.2 Å². The Bertz CT molecular complexity index is 625. The van der Waals surface area contributed by atoms with E-state index in [4.69, 9.17) is 20.9 Å². The molecule has 130 valence electrons. The molecule has 2 aliphatic rings. The Balaban J connectivity index is 1.79. The normalized spacial score (nSPS) is 22.7. The predicted molar refractivity (Wildman–Crippen MR) is 96.9 cm³/mol. The highest BCUT2D eigenvalue weighted by molar-refractivity contribution is 6.65. The first-order valence-electron chi connectivity index (χ1n) is 8.66. The smallest absolute Gasteiger partial charge is 0.399 e. The van der Waals surface area contributed by atoms with Gasteiger partial charge in [0.25, 0.3) is 5.91 Å². The van der Waals surface area contributed by atoms with Gasteiger partial charge in [-0.3, -0.25) is 4.79 Å². The van der Waals surface area contributed by atoms with Crippen molar-refractivity contribution in [1.82, 2.24) is 4.90 Å². The number of halogens is 1. The van der Waals surface area contributed by atoms with Crippen LogP contribution in [0.4, 0.5) is 0 Å². The highest BCUT2D eigenvalue weighted by Crippen LogP contribution is 2.37. The molecule has 0 atom stereocenters. The van der Waals surface area contributed by atoms with Crippen LogP contribution in [-0.2, 0) is 9.31 Å². The van der Waals surface area contributed by atoms with Gasteiger partial charge in [-0.15, -0.1) is 0 Å². The fraction of sp³-hybridized carbons (Fsp3) is 0.611. The first-order valence-corrected chi connectivity index (χ1v) is 9.03. The zero-order valence-electron chi connectivity index (χ0n) is 14.9. The summed E-state index contributed by atoms with van der Waals surface area (Å²) in [4.78, 5) is 14.5. The molecule has 0 spiro atoms. The lowest BCUT2D eigenvalue weighted by molar-refractivity contribution is 0.00578. The summed E-state index contributed by atoms with van der Waals surface area (Å²) in [6, 6.07) is 5.41. The molecule has 1 aromatic carbocycles. The Morgan fingerprint density at radius 2 is 1.67 bits per heavy atom. The molecule has 2 heterocycles. The van der Waals surface area contributed by atoms with Gasteiger partial charge in [0.2, 0.25) is 0 Å². The Hall–Kier alpha value is -1.04. The SMILES string of the molecule is CC1(C)OB(c2ccc(C(=O)N3CCCCC3)cc2Cl)OC1(C)C. The molecule has 3 rings (SSSR count). The molecule has 2 saturated heterocycles.